The maximum atomic E-state index is 13.6. The predicted octanol–water partition coefficient (Wildman–Crippen LogP) is 2.63. The van der Waals surface area contributed by atoms with Crippen LogP contribution in [-0.2, 0) is 11.8 Å². The van der Waals surface area contributed by atoms with E-state index in [1.54, 1.807) is 18.2 Å². The Bertz CT molecular complexity index is 1290. The Labute approximate surface area is 188 Å². The van der Waals surface area contributed by atoms with Crippen molar-refractivity contribution in [1.82, 2.24) is 24.8 Å². The van der Waals surface area contributed by atoms with E-state index in [4.69, 9.17) is 5.26 Å². The number of carbonyl (C=O) groups excluding carboxylic acids is 2. The lowest BCUT2D eigenvalue weighted by Crippen LogP contribution is -2.43. The number of rotatable bonds is 5. The molecule has 0 unspecified atom stereocenters. The van der Waals surface area contributed by atoms with E-state index < -0.39 is 43.3 Å². The van der Waals surface area contributed by atoms with Gasteiger partial charge in [0.25, 0.3) is 11.8 Å². The zero-order chi connectivity index (χ0) is 23.6. The van der Waals surface area contributed by atoms with Crippen molar-refractivity contribution < 1.29 is 18.4 Å². The van der Waals surface area contributed by atoms with E-state index in [0.717, 1.165) is 15.9 Å². The van der Waals surface area contributed by atoms with Crippen LogP contribution in [0, 0.1) is 11.3 Å². The topological polar surface area (TPSA) is 104 Å². The quantitative estimate of drug-likeness (QED) is 0.644. The van der Waals surface area contributed by atoms with Crippen LogP contribution in [0.25, 0.3) is 23.2 Å². The number of amides is 2. The third-order valence-electron chi connectivity index (χ3n) is 5.47. The highest BCUT2D eigenvalue weighted by atomic mass is 19.3. The number of aryl methyl sites for hydroxylation is 1. The first-order chi connectivity index (χ1) is 15.8. The fourth-order valence-electron chi connectivity index (χ4n) is 3.77. The highest BCUT2D eigenvalue weighted by Crippen LogP contribution is 2.31. The van der Waals surface area contributed by atoms with Crippen molar-refractivity contribution in [1.29, 1.82) is 5.26 Å². The molecule has 1 N–H and O–H groups in total. The number of pyridine rings is 1. The number of para-hydroxylation sites is 2. The van der Waals surface area contributed by atoms with E-state index in [-0.39, 0.29) is 5.56 Å². The van der Waals surface area contributed by atoms with Gasteiger partial charge in [0.1, 0.15) is 11.9 Å². The van der Waals surface area contributed by atoms with Gasteiger partial charge in [0.15, 0.2) is 0 Å². The molecule has 33 heavy (non-hydrogen) atoms. The number of likely N-dealkylation sites (tertiary alicyclic amines) is 1. The van der Waals surface area contributed by atoms with E-state index in [0.29, 0.717) is 11.4 Å². The van der Waals surface area contributed by atoms with E-state index in [2.05, 4.69) is 15.3 Å². The molecule has 3 aromatic rings. The first-order valence-corrected chi connectivity index (χ1v) is 10.2. The lowest BCUT2D eigenvalue weighted by Gasteiger charge is -2.19. The molecule has 1 fully saturated rings. The Morgan fingerprint density at radius 1 is 1.30 bits per heavy atom. The van der Waals surface area contributed by atoms with Gasteiger partial charge in [-0.05, 0) is 30.4 Å². The Morgan fingerprint density at radius 2 is 2.09 bits per heavy atom. The van der Waals surface area contributed by atoms with Gasteiger partial charge in [0.05, 0.1) is 30.2 Å². The minimum Gasteiger partial charge on any atom is -0.343 e. The summed E-state index contributed by atoms with van der Waals surface area (Å²) in [5, 5.41) is 11.5. The standard InChI is InChI=1S/C23H20F2N6O2/c1-30-19-5-3-2-4-18(19)29-20(30)7-6-15-12-27-9-8-17(15)22(33)28-13-21(32)31-14-23(24,25)10-16(31)11-26/h2-9,12,16H,10,13-14H2,1H3,(H,28,33)/b7-6+/t16-/m0/s1. The van der Waals surface area contributed by atoms with Crippen LogP contribution in [0.4, 0.5) is 8.78 Å². The second-order valence-corrected chi connectivity index (χ2v) is 7.72. The number of nitrogens with zero attached hydrogens (tertiary/aromatic N) is 5. The van der Waals surface area contributed by atoms with Gasteiger partial charge in [-0.1, -0.05) is 12.1 Å². The molecule has 10 heteroatoms. The van der Waals surface area contributed by atoms with E-state index >= 15 is 0 Å². The molecular formula is C23H20F2N6O2. The number of halogens is 2. The highest BCUT2D eigenvalue weighted by Gasteiger charge is 2.47. The smallest absolute Gasteiger partial charge is 0.268 e. The lowest BCUT2D eigenvalue weighted by atomic mass is 10.1. The van der Waals surface area contributed by atoms with Crippen LogP contribution in [0.1, 0.15) is 28.2 Å². The molecule has 168 valence electrons. The summed E-state index contributed by atoms with van der Waals surface area (Å²) < 4.78 is 29.1. The molecule has 0 aliphatic carbocycles. The fourth-order valence-corrected chi connectivity index (χ4v) is 3.77. The molecule has 0 radical (unpaired) electrons. The van der Waals surface area contributed by atoms with Crippen LogP contribution in [0.15, 0.2) is 42.7 Å². The van der Waals surface area contributed by atoms with Crippen LogP contribution >= 0.6 is 0 Å². The number of aromatic nitrogens is 3. The van der Waals surface area contributed by atoms with Gasteiger partial charge < -0.3 is 14.8 Å². The monoisotopic (exact) mass is 450 g/mol. The Kier molecular flexibility index (Phi) is 5.87. The van der Waals surface area contributed by atoms with Crippen molar-refractivity contribution in [3.05, 3.63) is 59.7 Å². The predicted molar refractivity (Wildman–Crippen MR) is 117 cm³/mol. The number of nitriles is 1. The largest absolute Gasteiger partial charge is 0.343 e. The summed E-state index contributed by atoms with van der Waals surface area (Å²) in [6, 6.07) is 9.67. The summed E-state index contributed by atoms with van der Waals surface area (Å²) in [6.45, 7) is -1.33. The van der Waals surface area contributed by atoms with Gasteiger partial charge in [-0.25, -0.2) is 13.8 Å². The van der Waals surface area contributed by atoms with E-state index in [1.165, 1.54) is 18.5 Å². The van der Waals surface area contributed by atoms with Crippen LogP contribution < -0.4 is 5.32 Å². The van der Waals surface area contributed by atoms with Crippen molar-refractivity contribution in [2.24, 2.45) is 7.05 Å². The van der Waals surface area contributed by atoms with E-state index in [9.17, 15) is 18.4 Å². The lowest BCUT2D eigenvalue weighted by molar-refractivity contribution is -0.131. The Balaban J connectivity index is 1.47. The summed E-state index contributed by atoms with van der Waals surface area (Å²) in [5.41, 5.74) is 2.56. The van der Waals surface area contributed by atoms with Crippen LogP contribution in [-0.4, -0.2) is 56.3 Å². The number of hydrogen-bond acceptors (Lipinski definition) is 5. The normalized spacial score (nSPS) is 17.4. The number of hydrogen-bond donors (Lipinski definition) is 1. The average molecular weight is 450 g/mol. The molecule has 3 heterocycles. The van der Waals surface area contributed by atoms with Crippen molar-refractivity contribution in [2.45, 2.75) is 18.4 Å². The summed E-state index contributed by atoms with van der Waals surface area (Å²) in [5.74, 6) is -3.73. The van der Waals surface area contributed by atoms with Gasteiger partial charge in [0.2, 0.25) is 5.91 Å². The number of fused-ring (bicyclic) bond motifs is 1. The molecule has 0 saturated carbocycles. The summed E-state index contributed by atoms with van der Waals surface area (Å²) in [4.78, 5) is 34.5. The van der Waals surface area contributed by atoms with Crippen LogP contribution in [0.5, 0.6) is 0 Å². The minimum atomic E-state index is -3.11. The molecule has 0 spiro atoms. The van der Waals surface area contributed by atoms with Gasteiger partial charge in [0, 0.05) is 37.0 Å². The Hall–Kier alpha value is -4.13. The third kappa shape index (κ3) is 4.57. The first kappa shape index (κ1) is 22.1. The number of imidazole rings is 1. The SMILES string of the molecule is Cn1c(/C=C/c2cnccc2C(=O)NCC(=O)N2CC(F)(F)C[C@H]2C#N)nc2ccccc21. The second kappa shape index (κ2) is 8.78. The van der Waals surface area contributed by atoms with Crippen LogP contribution in [0.2, 0.25) is 0 Å². The third-order valence-corrected chi connectivity index (χ3v) is 5.47. The molecule has 1 aliphatic rings. The summed E-state index contributed by atoms with van der Waals surface area (Å²) >= 11 is 0. The maximum absolute atomic E-state index is 13.6. The molecular weight excluding hydrogens is 430 g/mol. The first-order valence-electron chi connectivity index (χ1n) is 10.2. The number of carbonyl (C=O) groups is 2. The van der Waals surface area contributed by atoms with Gasteiger partial charge in [-0.3, -0.25) is 14.6 Å². The zero-order valence-electron chi connectivity index (χ0n) is 17.7. The molecule has 0 bridgehead atoms. The zero-order valence-corrected chi connectivity index (χ0v) is 17.7. The van der Waals surface area contributed by atoms with Crippen molar-refractivity contribution in [3.8, 4) is 6.07 Å². The molecule has 4 rings (SSSR count). The number of alkyl halides is 2. The summed E-state index contributed by atoms with van der Waals surface area (Å²) in [6.07, 6.45) is 5.68. The molecule has 1 aliphatic heterocycles. The molecule has 2 amide bonds. The molecule has 1 atom stereocenters. The fraction of sp³-hybridized carbons (Fsp3) is 0.261. The van der Waals surface area contributed by atoms with Gasteiger partial charge >= 0.3 is 0 Å². The molecule has 1 aromatic carbocycles. The van der Waals surface area contributed by atoms with Crippen molar-refractivity contribution >= 4 is 35.0 Å². The summed E-state index contributed by atoms with van der Waals surface area (Å²) in [7, 11) is 1.88. The molecule has 8 nitrogen and oxygen atoms in total. The Morgan fingerprint density at radius 3 is 2.85 bits per heavy atom. The number of benzene rings is 1. The van der Waals surface area contributed by atoms with E-state index in [1.807, 2.05) is 35.9 Å². The van der Waals surface area contributed by atoms with Crippen molar-refractivity contribution in [3.63, 3.8) is 0 Å². The number of nitrogens with one attached hydrogen (secondary N) is 1. The van der Waals surface area contributed by atoms with Gasteiger partial charge in [-0.2, -0.15) is 5.26 Å². The van der Waals surface area contributed by atoms with Crippen LogP contribution in [0.3, 0.4) is 0 Å². The van der Waals surface area contributed by atoms with Crippen molar-refractivity contribution in [2.75, 3.05) is 13.1 Å². The maximum Gasteiger partial charge on any atom is 0.268 e. The second-order valence-electron chi connectivity index (χ2n) is 7.72. The molecule has 2 aromatic heterocycles. The van der Waals surface area contributed by atoms with Gasteiger partial charge in [-0.15, -0.1) is 0 Å². The molecule has 1 saturated heterocycles. The average Bonchev–Trinajstić information content (AvgIpc) is 3.31. The highest BCUT2D eigenvalue weighted by molar-refractivity contribution is 6.00. The minimum absolute atomic E-state index is 0.261.